The summed E-state index contributed by atoms with van der Waals surface area (Å²) in [6.45, 7) is 3.35. The molecule has 72 valence electrons. The molecule has 1 aromatic heterocycles. The Bertz CT molecular complexity index is 271. The summed E-state index contributed by atoms with van der Waals surface area (Å²) in [5.74, 6) is 0.656. The normalized spacial score (nSPS) is 29.1. The van der Waals surface area contributed by atoms with Gasteiger partial charge in [0.2, 0.25) is 0 Å². The standard InChI is InChI=1S/C10H17N3/c1-8-3-4-9(7-11-8)10-5-6-12-13(10)2/h5-6,8-9,11H,3-4,7H2,1-2H3. The van der Waals surface area contributed by atoms with Gasteiger partial charge in [-0.1, -0.05) is 0 Å². The van der Waals surface area contributed by atoms with Crippen LogP contribution in [0.4, 0.5) is 0 Å². The number of hydrogen-bond donors (Lipinski definition) is 1. The fraction of sp³-hybridized carbons (Fsp3) is 0.700. The summed E-state index contributed by atoms with van der Waals surface area (Å²) in [4.78, 5) is 0. The van der Waals surface area contributed by atoms with Crippen molar-refractivity contribution in [2.24, 2.45) is 7.05 Å². The quantitative estimate of drug-likeness (QED) is 0.703. The van der Waals surface area contributed by atoms with Gasteiger partial charge in [-0.25, -0.2) is 0 Å². The van der Waals surface area contributed by atoms with Gasteiger partial charge in [-0.15, -0.1) is 0 Å². The van der Waals surface area contributed by atoms with E-state index in [4.69, 9.17) is 0 Å². The van der Waals surface area contributed by atoms with E-state index in [0.29, 0.717) is 12.0 Å². The summed E-state index contributed by atoms with van der Waals surface area (Å²) in [7, 11) is 2.02. The van der Waals surface area contributed by atoms with Crippen molar-refractivity contribution < 1.29 is 0 Å². The number of aryl methyl sites for hydroxylation is 1. The average molecular weight is 179 g/mol. The van der Waals surface area contributed by atoms with E-state index in [1.54, 1.807) is 0 Å². The first-order valence-corrected chi connectivity index (χ1v) is 4.98. The van der Waals surface area contributed by atoms with Gasteiger partial charge in [0, 0.05) is 37.4 Å². The van der Waals surface area contributed by atoms with Crippen molar-refractivity contribution in [2.75, 3.05) is 6.54 Å². The molecule has 0 amide bonds. The van der Waals surface area contributed by atoms with Crippen molar-refractivity contribution >= 4 is 0 Å². The first-order chi connectivity index (χ1) is 6.27. The molecule has 3 heteroatoms. The maximum atomic E-state index is 4.20. The SMILES string of the molecule is CC1CCC(c2ccnn2C)CN1. The monoisotopic (exact) mass is 179 g/mol. The zero-order valence-corrected chi connectivity index (χ0v) is 8.33. The minimum absolute atomic E-state index is 0.656. The molecule has 0 bridgehead atoms. The Hall–Kier alpha value is -0.830. The molecule has 13 heavy (non-hydrogen) atoms. The number of hydrogen-bond acceptors (Lipinski definition) is 2. The van der Waals surface area contributed by atoms with Gasteiger partial charge in [-0.2, -0.15) is 5.10 Å². The van der Waals surface area contributed by atoms with E-state index >= 15 is 0 Å². The number of nitrogens with one attached hydrogen (secondary N) is 1. The molecule has 2 rings (SSSR count). The van der Waals surface area contributed by atoms with Crippen LogP contribution in [0.1, 0.15) is 31.4 Å². The molecule has 0 spiro atoms. The Morgan fingerprint density at radius 2 is 2.38 bits per heavy atom. The van der Waals surface area contributed by atoms with Gasteiger partial charge < -0.3 is 5.32 Å². The van der Waals surface area contributed by atoms with Crippen molar-refractivity contribution in [3.63, 3.8) is 0 Å². The molecule has 2 heterocycles. The molecule has 1 saturated heterocycles. The summed E-state index contributed by atoms with van der Waals surface area (Å²) >= 11 is 0. The van der Waals surface area contributed by atoms with Crippen LogP contribution < -0.4 is 5.32 Å². The number of aromatic nitrogens is 2. The van der Waals surface area contributed by atoms with Crippen molar-refractivity contribution in [1.82, 2.24) is 15.1 Å². The molecule has 1 aliphatic heterocycles. The highest BCUT2D eigenvalue weighted by atomic mass is 15.3. The fourth-order valence-corrected chi connectivity index (χ4v) is 2.04. The minimum Gasteiger partial charge on any atom is -0.314 e. The molecule has 0 aliphatic carbocycles. The predicted octanol–water partition coefficient (Wildman–Crippen LogP) is 1.28. The summed E-state index contributed by atoms with van der Waals surface area (Å²) in [5.41, 5.74) is 1.36. The average Bonchev–Trinajstić information content (AvgIpc) is 2.53. The Kier molecular flexibility index (Phi) is 2.36. The van der Waals surface area contributed by atoms with Gasteiger partial charge in [0.1, 0.15) is 0 Å². The second kappa shape index (κ2) is 3.50. The Morgan fingerprint density at radius 3 is 2.92 bits per heavy atom. The van der Waals surface area contributed by atoms with Crippen LogP contribution in [0, 0.1) is 0 Å². The molecule has 1 N–H and O–H groups in total. The van der Waals surface area contributed by atoms with Crippen LogP contribution in [-0.2, 0) is 7.05 Å². The Morgan fingerprint density at radius 1 is 1.54 bits per heavy atom. The Balaban J connectivity index is 2.06. The maximum Gasteiger partial charge on any atom is 0.0492 e. The van der Waals surface area contributed by atoms with Crippen LogP contribution in [0.5, 0.6) is 0 Å². The summed E-state index contributed by atoms with van der Waals surface area (Å²) < 4.78 is 1.99. The van der Waals surface area contributed by atoms with Crippen LogP contribution in [0.3, 0.4) is 0 Å². The van der Waals surface area contributed by atoms with Gasteiger partial charge in [0.05, 0.1) is 0 Å². The molecule has 2 unspecified atom stereocenters. The lowest BCUT2D eigenvalue weighted by Gasteiger charge is -2.27. The third-order valence-corrected chi connectivity index (χ3v) is 2.94. The predicted molar refractivity (Wildman–Crippen MR) is 52.6 cm³/mol. The van der Waals surface area contributed by atoms with Gasteiger partial charge in [0.15, 0.2) is 0 Å². The molecule has 0 saturated carbocycles. The van der Waals surface area contributed by atoms with Crippen molar-refractivity contribution in [1.29, 1.82) is 0 Å². The van der Waals surface area contributed by atoms with Crippen LogP contribution in [-0.4, -0.2) is 22.4 Å². The van der Waals surface area contributed by atoms with Gasteiger partial charge in [-0.05, 0) is 25.8 Å². The van der Waals surface area contributed by atoms with E-state index in [-0.39, 0.29) is 0 Å². The highest BCUT2D eigenvalue weighted by Crippen LogP contribution is 2.24. The first kappa shape index (κ1) is 8.75. The van der Waals surface area contributed by atoms with Crippen molar-refractivity contribution in [2.45, 2.75) is 31.7 Å². The number of nitrogens with zero attached hydrogens (tertiary/aromatic N) is 2. The molecular weight excluding hydrogens is 162 g/mol. The van der Waals surface area contributed by atoms with Crippen molar-refractivity contribution in [3.05, 3.63) is 18.0 Å². The first-order valence-electron chi connectivity index (χ1n) is 4.98. The summed E-state index contributed by atoms with van der Waals surface area (Å²) in [6, 6.07) is 2.81. The lowest BCUT2D eigenvalue weighted by Crippen LogP contribution is -2.36. The zero-order valence-electron chi connectivity index (χ0n) is 8.33. The lowest BCUT2D eigenvalue weighted by molar-refractivity contribution is 0.373. The highest BCUT2D eigenvalue weighted by Gasteiger charge is 2.20. The second-order valence-corrected chi connectivity index (χ2v) is 3.96. The van der Waals surface area contributed by atoms with E-state index < -0.39 is 0 Å². The molecule has 2 atom stereocenters. The van der Waals surface area contributed by atoms with E-state index in [1.807, 2.05) is 17.9 Å². The highest BCUT2D eigenvalue weighted by molar-refractivity contribution is 5.09. The largest absolute Gasteiger partial charge is 0.314 e. The van der Waals surface area contributed by atoms with Crippen LogP contribution in [0.25, 0.3) is 0 Å². The van der Waals surface area contributed by atoms with Gasteiger partial charge in [-0.3, -0.25) is 4.68 Å². The molecule has 1 aliphatic rings. The molecule has 0 aromatic carbocycles. The van der Waals surface area contributed by atoms with Gasteiger partial charge in [0.25, 0.3) is 0 Å². The maximum absolute atomic E-state index is 4.20. The smallest absolute Gasteiger partial charge is 0.0492 e. The van der Waals surface area contributed by atoms with E-state index in [0.717, 1.165) is 6.54 Å². The molecule has 0 radical (unpaired) electrons. The molecule has 1 aromatic rings. The van der Waals surface area contributed by atoms with Crippen molar-refractivity contribution in [3.8, 4) is 0 Å². The second-order valence-electron chi connectivity index (χ2n) is 3.96. The van der Waals surface area contributed by atoms with Crippen LogP contribution >= 0.6 is 0 Å². The molecule has 3 nitrogen and oxygen atoms in total. The number of piperidine rings is 1. The fourth-order valence-electron chi connectivity index (χ4n) is 2.04. The molecule has 1 fully saturated rings. The Labute approximate surface area is 79.1 Å². The molecular formula is C10H17N3. The van der Waals surface area contributed by atoms with E-state index in [9.17, 15) is 0 Å². The zero-order chi connectivity index (χ0) is 9.26. The van der Waals surface area contributed by atoms with Gasteiger partial charge >= 0.3 is 0 Å². The number of rotatable bonds is 1. The summed E-state index contributed by atoms with van der Waals surface area (Å²) in [6.07, 6.45) is 4.44. The minimum atomic E-state index is 0.656. The summed E-state index contributed by atoms with van der Waals surface area (Å²) in [5, 5.41) is 7.71. The topological polar surface area (TPSA) is 29.9 Å². The van der Waals surface area contributed by atoms with Crippen LogP contribution in [0.2, 0.25) is 0 Å². The van der Waals surface area contributed by atoms with E-state index in [2.05, 4.69) is 23.4 Å². The van der Waals surface area contributed by atoms with Crippen LogP contribution in [0.15, 0.2) is 12.3 Å². The third-order valence-electron chi connectivity index (χ3n) is 2.94. The van der Waals surface area contributed by atoms with E-state index in [1.165, 1.54) is 18.5 Å². The lowest BCUT2D eigenvalue weighted by atomic mass is 9.93. The third kappa shape index (κ3) is 1.75.